The van der Waals surface area contributed by atoms with Crippen LogP contribution in [0.5, 0.6) is 11.5 Å². The van der Waals surface area contributed by atoms with Crippen LogP contribution in [-0.4, -0.2) is 88.6 Å². The minimum Gasteiger partial charge on any atom is -0.497 e. The molecule has 152 valence electrons. The Morgan fingerprint density at radius 3 is 2.52 bits per heavy atom. The molecule has 2 N–H and O–H groups in total. The first-order valence-corrected chi connectivity index (χ1v) is 11.1. The van der Waals surface area contributed by atoms with Gasteiger partial charge in [-0.15, -0.1) is 0 Å². The average Bonchev–Trinajstić information content (AvgIpc) is 2.65. The zero-order chi connectivity index (χ0) is 19.9. The molecule has 1 saturated heterocycles. The number of methoxy groups -OCH3 is 1. The number of amides is 1. The molecule has 27 heavy (non-hydrogen) atoms. The maximum absolute atomic E-state index is 12.3. The summed E-state index contributed by atoms with van der Waals surface area (Å²) >= 11 is 0. The fourth-order valence-electron chi connectivity index (χ4n) is 2.87. The average molecular weight is 400 g/mol. The Labute approximate surface area is 161 Å². The third-order valence-corrected chi connectivity index (χ3v) is 5.50. The number of ether oxygens (including phenoxy) is 2. The van der Waals surface area contributed by atoms with Crippen molar-refractivity contribution >= 4 is 15.7 Å². The summed E-state index contributed by atoms with van der Waals surface area (Å²) in [5.41, 5.74) is 5.86. The highest BCUT2D eigenvalue weighted by atomic mass is 32.2. The number of sulfone groups is 1. The van der Waals surface area contributed by atoms with Gasteiger partial charge in [0.1, 0.15) is 27.9 Å². The van der Waals surface area contributed by atoms with Crippen LogP contribution in [0.1, 0.15) is 6.42 Å². The van der Waals surface area contributed by atoms with E-state index in [4.69, 9.17) is 15.2 Å². The fraction of sp³-hybridized carbons (Fsp3) is 0.611. The summed E-state index contributed by atoms with van der Waals surface area (Å²) in [7, 11) is -1.49. The minimum atomic E-state index is -3.11. The summed E-state index contributed by atoms with van der Waals surface area (Å²) in [6.45, 7) is 3.97. The molecule has 0 spiro atoms. The highest BCUT2D eigenvalue weighted by molar-refractivity contribution is 7.90. The molecule has 0 aliphatic carbocycles. The summed E-state index contributed by atoms with van der Waals surface area (Å²) in [5, 5.41) is 0. The number of nitrogens with two attached hydrogens (primary N) is 1. The number of piperazine rings is 1. The summed E-state index contributed by atoms with van der Waals surface area (Å²) in [6, 6.07) is 6.71. The Hall–Kier alpha value is -1.84. The van der Waals surface area contributed by atoms with Crippen molar-refractivity contribution in [3.05, 3.63) is 24.3 Å². The highest BCUT2D eigenvalue weighted by Gasteiger charge is 2.25. The second-order valence-corrected chi connectivity index (χ2v) is 8.98. The van der Waals surface area contributed by atoms with Gasteiger partial charge in [-0.05, 0) is 18.6 Å². The zero-order valence-electron chi connectivity index (χ0n) is 16.0. The van der Waals surface area contributed by atoms with Gasteiger partial charge >= 0.3 is 0 Å². The molecule has 1 unspecified atom stereocenters. The van der Waals surface area contributed by atoms with Crippen molar-refractivity contribution in [1.29, 1.82) is 0 Å². The molecule has 1 aromatic carbocycles. The zero-order valence-corrected chi connectivity index (χ0v) is 16.8. The molecule has 0 saturated carbocycles. The molecular formula is C18H29N3O5S. The molecule has 1 amide bonds. The predicted molar refractivity (Wildman–Crippen MR) is 104 cm³/mol. The summed E-state index contributed by atoms with van der Waals surface area (Å²) in [4.78, 5) is 16.3. The molecule has 9 heteroatoms. The lowest BCUT2D eigenvalue weighted by Crippen LogP contribution is -2.53. The lowest BCUT2D eigenvalue weighted by Gasteiger charge is -2.35. The quantitative estimate of drug-likeness (QED) is 0.623. The summed E-state index contributed by atoms with van der Waals surface area (Å²) < 4.78 is 33.3. The van der Waals surface area contributed by atoms with Crippen LogP contribution < -0.4 is 15.2 Å². The molecule has 1 aliphatic rings. The van der Waals surface area contributed by atoms with E-state index in [0.717, 1.165) is 37.4 Å². The van der Waals surface area contributed by atoms with E-state index in [1.54, 1.807) is 12.0 Å². The third-order valence-electron chi connectivity index (χ3n) is 4.52. The van der Waals surface area contributed by atoms with Gasteiger partial charge in [0.05, 0.1) is 18.9 Å². The Morgan fingerprint density at radius 1 is 1.22 bits per heavy atom. The van der Waals surface area contributed by atoms with Gasteiger partial charge < -0.3 is 20.1 Å². The van der Waals surface area contributed by atoms with Crippen molar-refractivity contribution in [1.82, 2.24) is 9.80 Å². The highest BCUT2D eigenvalue weighted by Crippen LogP contribution is 2.18. The van der Waals surface area contributed by atoms with Crippen LogP contribution in [0.15, 0.2) is 24.3 Å². The molecule has 2 rings (SSSR count). The number of carbonyl (C=O) groups excluding carboxylic acids is 1. The lowest BCUT2D eigenvalue weighted by molar-refractivity contribution is -0.134. The Morgan fingerprint density at radius 2 is 1.89 bits per heavy atom. The molecule has 1 aliphatic heterocycles. The second-order valence-electron chi connectivity index (χ2n) is 6.72. The van der Waals surface area contributed by atoms with Crippen LogP contribution in [0.4, 0.5) is 0 Å². The van der Waals surface area contributed by atoms with E-state index in [1.165, 1.54) is 0 Å². The van der Waals surface area contributed by atoms with Crippen LogP contribution in [0.3, 0.4) is 0 Å². The van der Waals surface area contributed by atoms with Crippen molar-refractivity contribution in [3.63, 3.8) is 0 Å². The van der Waals surface area contributed by atoms with E-state index in [-0.39, 0.29) is 18.1 Å². The van der Waals surface area contributed by atoms with Gasteiger partial charge in [0, 0.05) is 45.0 Å². The van der Waals surface area contributed by atoms with E-state index >= 15 is 0 Å². The van der Waals surface area contributed by atoms with E-state index in [2.05, 4.69) is 4.90 Å². The van der Waals surface area contributed by atoms with Crippen LogP contribution >= 0.6 is 0 Å². The normalized spacial score (nSPS) is 16.8. The number of carbonyl (C=O) groups is 1. The molecule has 0 bridgehead atoms. The third kappa shape index (κ3) is 7.36. The number of hydrogen-bond acceptors (Lipinski definition) is 7. The lowest BCUT2D eigenvalue weighted by atomic mass is 10.2. The van der Waals surface area contributed by atoms with Crippen LogP contribution in [0.25, 0.3) is 0 Å². The van der Waals surface area contributed by atoms with E-state index in [1.807, 2.05) is 24.3 Å². The van der Waals surface area contributed by atoms with Crippen molar-refractivity contribution in [2.75, 3.05) is 58.4 Å². The number of rotatable bonds is 9. The Kier molecular flexibility index (Phi) is 7.88. The second kappa shape index (κ2) is 9.91. The minimum absolute atomic E-state index is 0.0680. The molecule has 0 radical (unpaired) electrons. The van der Waals surface area contributed by atoms with E-state index < -0.39 is 15.9 Å². The first-order valence-electron chi connectivity index (χ1n) is 9.00. The fourth-order valence-corrected chi connectivity index (χ4v) is 3.56. The van der Waals surface area contributed by atoms with Crippen molar-refractivity contribution in [3.8, 4) is 11.5 Å². The van der Waals surface area contributed by atoms with Gasteiger partial charge in [-0.2, -0.15) is 0 Å². The van der Waals surface area contributed by atoms with Crippen LogP contribution in [0.2, 0.25) is 0 Å². The number of hydrogen-bond donors (Lipinski definition) is 1. The molecule has 1 heterocycles. The predicted octanol–water partition coefficient (Wildman–Crippen LogP) is -0.0198. The molecule has 8 nitrogen and oxygen atoms in total. The Bertz CT molecular complexity index is 717. The van der Waals surface area contributed by atoms with Gasteiger partial charge in [0.2, 0.25) is 5.91 Å². The first kappa shape index (κ1) is 21.5. The summed E-state index contributed by atoms with van der Waals surface area (Å²) in [5.74, 6) is 1.28. The molecule has 0 aromatic heterocycles. The van der Waals surface area contributed by atoms with Crippen molar-refractivity contribution in [2.24, 2.45) is 5.73 Å². The van der Waals surface area contributed by atoms with Crippen molar-refractivity contribution in [2.45, 2.75) is 12.5 Å². The number of nitrogens with zero attached hydrogens (tertiary/aromatic N) is 2. The van der Waals surface area contributed by atoms with Gasteiger partial charge in [0.15, 0.2) is 0 Å². The Balaban J connectivity index is 1.69. The molecule has 1 fully saturated rings. The smallest absolute Gasteiger partial charge is 0.239 e. The SMILES string of the molecule is COc1cccc(OCCN2CCN(C(=O)C(N)CCS(C)(=O)=O)CC2)c1. The topological polar surface area (TPSA) is 102 Å². The van der Waals surface area contributed by atoms with Crippen LogP contribution in [-0.2, 0) is 14.6 Å². The molecule has 1 aromatic rings. The van der Waals surface area contributed by atoms with Crippen molar-refractivity contribution < 1.29 is 22.7 Å². The first-order chi connectivity index (χ1) is 12.8. The van der Waals surface area contributed by atoms with Gasteiger partial charge in [-0.25, -0.2) is 8.42 Å². The maximum Gasteiger partial charge on any atom is 0.239 e. The summed E-state index contributed by atoms with van der Waals surface area (Å²) in [6.07, 6.45) is 1.31. The molecule has 1 atom stereocenters. The van der Waals surface area contributed by atoms with Gasteiger partial charge in [-0.3, -0.25) is 9.69 Å². The maximum atomic E-state index is 12.3. The van der Waals surface area contributed by atoms with Gasteiger partial charge in [-0.1, -0.05) is 6.07 Å². The van der Waals surface area contributed by atoms with E-state index in [0.29, 0.717) is 19.7 Å². The standard InChI is InChI=1S/C18H29N3O5S/c1-25-15-4-3-5-16(14-15)26-12-11-20-7-9-21(10-8-20)18(22)17(19)6-13-27(2,23)24/h3-5,14,17H,6-13,19H2,1-2H3. The monoisotopic (exact) mass is 399 g/mol. The van der Waals surface area contributed by atoms with Gasteiger partial charge in [0.25, 0.3) is 0 Å². The van der Waals surface area contributed by atoms with E-state index in [9.17, 15) is 13.2 Å². The molecular weight excluding hydrogens is 370 g/mol. The largest absolute Gasteiger partial charge is 0.497 e. The number of benzene rings is 1. The van der Waals surface area contributed by atoms with Crippen LogP contribution in [0, 0.1) is 0 Å².